The van der Waals surface area contributed by atoms with E-state index in [9.17, 15) is 9.59 Å². The highest BCUT2D eigenvalue weighted by Crippen LogP contribution is 2.08. The van der Waals surface area contributed by atoms with Crippen molar-refractivity contribution < 1.29 is 14.3 Å². The van der Waals surface area contributed by atoms with Crippen molar-refractivity contribution in [3.05, 3.63) is 0 Å². The van der Waals surface area contributed by atoms with Gasteiger partial charge in [-0.3, -0.25) is 14.9 Å². The Morgan fingerprint density at radius 1 is 1.50 bits per heavy atom. The van der Waals surface area contributed by atoms with Crippen LogP contribution < -0.4 is 10.6 Å². The molecule has 1 fully saturated rings. The molecule has 1 heterocycles. The molecule has 5 nitrogen and oxygen atoms in total. The summed E-state index contributed by atoms with van der Waals surface area (Å²) in [5, 5.41) is 5.46. The molecule has 2 unspecified atom stereocenters. The summed E-state index contributed by atoms with van der Waals surface area (Å²) in [6.45, 7) is 7.27. The van der Waals surface area contributed by atoms with Gasteiger partial charge in [0.2, 0.25) is 11.8 Å². The summed E-state index contributed by atoms with van der Waals surface area (Å²) in [4.78, 5) is 22.4. The van der Waals surface area contributed by atoms with E-state index in [4.69, 9.17) is 4.74 Å². The molecule has 0 aliphatic carbocycles. The van der Waals surface area contributed by atoms with Crippen LogP contribution in [-0.4, -0.2) is 37.1 Å². The number of ether oxygens (including phenoxy) is 1. The zero-order valence-electron chi connectivity index (χ0n) is 10.1. The first-order valence-corrected chi connectivity index (χ1v) is 5.72. The van der Waals surface area contributed by atoms with Crippen LogP contribution in [0.1, 0.15) is 27.2 Å². The highest BCUT2D eigenvalue weighted by molar-refractivity contribution is 6.05. The lowest BCUT2D eigenvalue weighted by Crippen LogP contribution is -2.47. The molecule has 0 aromatic heterocycles. The molecule has 0 aromatic carbocycles. The van der Waals surface area contributed by atoms with Crippen molar-refractivity contribution in [2.45, 2.75) is 39.3 Å². The van der Waals surface area contributed by atoms with Crippen molar-refractivity contribution in [3.63, 3.8) is 0 Å². The molecule has 16 heavy (non-hydrogen) atoms. The average Bonchev–Trinajstić information content (AvgIpc) is 2.51. The zero-order valence-corrected chi connectivity index (χ0v) is 10.1. The van der Waals surface area contributed by atoms with Crippen molar-refractivity contribution >= 4 is 11.8 Å². The van der Waals surface area contributed by atoms with Crippen LogP contribution in [0.4, 0.5) is 0 Å². The van der Waals surface area contributed by atoms with Gasteiger partial charge in [-0.2, -0.15) is 0 Å². The predicted molar refractivity (Wildman–Crippen MR) is 59.8 cm³/mol. The summed E-state index contributed by atoms with van der Waals surface area (Å²) >= 11 is 0. The molecule has 5 heteroatoms. The van der Waals surface area contributed by atoms with Crippen LogP contribution in [0.2, 0.25) is 0 Å². The van der Waals surface area contributed by atoms with Gasteiger partial charge in [-0.1, -0.05) is 13.8 Å². The monoisotopic (exact) mass is 228 g/mol. The molecule has 0 aromatic rings. The van der Waals surface area contributed by atoms with Crippen LogP contribution in [0, 0.1) is 5.92 Å². The van der Waals surface area contributed by atoms with Gasteiger partial charge in [0.05, 0.1) is 19.1 Å². The van der Waals surface area contributed by atoms with E-state index in [1.807, 2.05) is 6.92 Å². The zero-order chi connectivity index (χ0) is 12.1. The highest BCUT2D eigenvalue weighted by atomic mass is 16.5. The second kappa shape index (κ2) is 5.96. The second-order valence-corrected chi connectivity index (χ2v) is 4.35. The standard InChI is InChI=1S/C11H20N2O3/c1-4-16-6-9(7(2)3)12-8-5-10(14)13-11(8)15/h7-9,12H,4-6H2,1-3H3,(H,13,14,15). The van der Waals surface area contributed by atoms with E-state index in [1.54, 1.807) is 0 Å². The van der Waals surface area contributed by atoms with Gasteiger partial charge in [0.1, 0.15) is 0 Å². The molecule has 0 bridgehead atoms. The van der Waals surface area contributed by atoms with Crippen LogP contribution in [0.3, 0.4) is 0 Å². The van der Waals surface area contributed by atoms with E-state index in [0.717, 1.165) is 0 Å². The quantitative estimate of drug-likeness (QED) is 0.630. The van der Waals surface area contributed by atoms with E-state index >= 15 is 0 Å². The normalized spacial score (nSPS) is 22.6. The summed E-state index contributed by atoms with van der Waals surface area (Å²) in [6, 6.07) is -0.304. The molecule has 2 amide bonds. The Bertz CT molecular complexity index is 266. The van der Waals surface area contributed by atoms with Gasteiger partial charge < -0.3 is 10.1 Å². The van der Waals surface area contributed by atoms with E-state index in [-0.39, 0.29) is 24.3 Å². The fraction of sp³-hybridized carbons (Fsp3) is 0.818. The summed E-state index contributed by atoms with van der Waals surface area (Å²) in [5.41, 5.74) is 0. The Kier molecular flexibility index (Phi) is 4.89. The number of hydrogen-bond acceptors (Lipinski definition) is 4. The number of imide groups is 1. The maximum atomic E-state index is 11.4. The Balaban J connectivity index is 2.48. The number of carbonyl (C=O) groups is 2. The minimum Gasteiger partial charge on any atom is -0.380 e. The van der Waals surface area contributed by atoms with Gasteiger partial charge in [-0.15, -0.1) is 0 Å². The van der Waals surface area contributed by atoms with Gasteiger partial charge >= 0.3 is 0 Å². The Morgan fingerprint density at radius 2 is 2.19 bits per heavy atom. The van der Waals surface area contributed by atoms with Crippen LogP contribution >= 0.6 is 0 Å². The lowest BCUT2D eigenvalue weighted by atomic mass is 10.0. The molecular formula is C11H20N2O3. The van der Waals surface area contributed by atoms with Crippen LogP contribution in [0.15, 0.2) is 0 Å². The molecule has 1 rings (SSSR count). The fourth-order valence-corrected chi connectivity index (χ4v) is 1.62. The van der Waals surface area contributed by atoms with Crippen molar-refractivity contribution in [1.82, 2.24) is 10.6 Å². The molecule has 2 atom stereocenters. The molecular weight excluding hydrogens is 208 g/mol. The van der Waals surface area contributed by atoms with Crippen LogP contribution in [0.5, 0.6) is 0 Å². The van der Waals surface area contributed by atoms with E-state index < -0.39 is 6.04 Å². The first kappa shape index (κ1) is 13.1. The minimum atomic E-state index is -0.402. The van der Waals surface area contributed by atoms with Gasteiger partial charge in [0.25, 0.3) is 0 Å². The third-order valence-corrected chi connectivity index (χ3v) is 2.69. The SMILES string of the molecule is CCOCC(NC1CC(=O)NC1=O)C(C)C. The summed E-state index contributed by atoms with van der Waals surface area (Å²) in [5.74, 6) is -0.0800. The molecule has 1 aliphatic heterocycles. The largest absolute Gasteiger partial charge is 0.380 e. The molecule has 0 radical (unpaired) electrons. The fourth-order valence-electron chi connectivity index (χ4n) is 1.62. The maximum Gasteiger partial charge on any atom is 0.244 e. The molecule has 1 saturated heterocycles. The number of amides is 2. The minimum absolute atomic E-state index is 0.0987. The van der Waals surface area contributed by atoms with Crippen molar-refractivity contribution in [2.75, 3.05) is 13.2 Å². The first-order valence-electron chi connectivity index (χ1n) is 5.72. The number of carbonyl (C=O) groups excluding carboxylic acids is 2. The average molecular weight is 228 g/mol. The summed E-state index contributed by atoms with van der Waals surface area (Å²) in [6.07, 6.45) is 0.230. The third kappa shape index (κ3) is 3.57. The Labute approximate surface area is 95.9 Å². The lowest BCUT2D eigenvalue weighted by Gasteiger charge is -2.24. The van der Waals surface area contributed by atoms with Crippen LogP contribution in [-0.2, 0) is 14.3 Å². The van der Waals surface area contributed by atoms with Gasteiger partial charge in [-0.25, -0.2) is 0 Å². The molecule has 92 valence electrons. The van der Waals surface area contributed by atoms with Crippen LogP contribution in [0.25, 0.3) is 0 Å². The van der Waals surface area contributed by atoms with Gasteiger partial charge in [0, 0.05) is 12.6 Å². The Hall–Kier alpha value is -0.940. The smallest absolute Gasteiger partial charge is 0.244 e. The van der Waals surface area contributed by atoms with Crippen molar-refractivity contribution in [3.8, 4) is 0 Å². The lowest BCUT2D eigenvalue weighted by molar-refractivity contribution is -0.125. The van der Waals surface area contributed by atoms with E-state index in [0.29, 0.717) is 19.1 Å². The maximum absolute atomic E-state index is 11.4. The van der Waals surface area contributed by atoms with Gasteiger partial charge in [-0.05, 0) is 12.8 Å². The Morgan fingerprint density at radius 3 is 2.62 bits per heavy atom. The van der Waals surface area contributed by atoms with E-state index in [2.05, 4.69) is 24.5 Å². The van der Waals surface area contributed by atoms with Crippen molar-refractivity contribution in [2.24, 2.45) is 5.92 Å². The van der Waals surface area contributed by atoms with Gasteiger partial charge in [0.15, 0.2) is 0 Å². The number of nitrogens with one attached hydrogen (secondary N) is 2. The predicted octanol–water partition coefficient (Wildman–Crippen LogP) is 0.0522. The third-order valence-electron chi connectivity index (χ3n) is 2.69. The second-order valence-electron chi connectivity index (χ2n) is 4.35. The molecule has 0 saturated carbocycles. The summed E-state index contributed by atoms with van der Waals surface area (Å²) in [7, 11) is 0. The highest BCUT2D eigenvalue weighted by Gasteiger charge is 2.32. The molecule has 2 N–H and O–H groups in total. The number of rotatable bonds is 6. The van der Waals surface area contributed by atoms with Crippen molar-refractivity contribution in [1.29, 1.82) is 0 Å². The summed E-state index contributed by atoms with van der Waals surface area (Å²) < 4.78 is 5.35. The number of hydrogen-bond donors (Lipinski definition) is 2. The first-order chi connectivity index (χ1) is 7.54. The molecule has 0 spiro atoms. The topological polar surface area (TPSA) is 67.4 Å². The van der Waals surface area contributed by atoms with E-state index in [1.165, 1.54) is 0 Å². The molecule has 1 aliphatic rings.